The van der Waals surface area contributed by atoms with Crippen LogP contribution in [-0.4, -0.2) is 22.5 Å². The molecule has 0 bridgehead atoms. The van der Waals surface area contributed by atoms with Crippen LogP contribution in [0.3, 0.4) is 0 Å². The van der Waals surface area contributed by atoms with Crippen LogP contribution >= 0.6 is 19.4 Å². The zero-order valence-corrected chi connectivity index (χ0v) is 18.1. The van der Waals surface area contributed by atoms with Crippen molar-refractivity contribution in [1.82, 2.24) is 0 Å². The first-order chi connectivity index (χ1) is 13.5. The monoisotopic (exact) mass is 442 g/mol. The number of benzene rings is 2. The van der Waals surface area contributed by atoms with Crippen molar-refractivity contribution in [2.45, 2.75) is 38.1 Å². The summed E-state index contributed by atoms with van der Waals surface area (Å²) in [7, 11) is -3.11. The average molecular weight is 443 g/mol. The quantitative estimate of drug-likeness (QED) is 0.438. The zero-order chi connectivity index (χ0) is 21.4. The molecule has 0 radical (unpaired) electrons. The Morgan fingerprint density at radius 2 is 1.93 bits per heavy atom. The maximum atomic E-state index is 11.1. The molecular weight excluding hydrogens is 419 g/mol. The lowest BCUT2D eigenvalue weighted by Gasteiger charge is -2.56. The molecule has 0 aromatic heterocycles. The number of rotatable bonds is 8. The van der Waals surface area contributed by atoms with Gasteiger partial charge in [-0.05, 0) is 48.7 Å². The largest absolute Gasteiger partial charge is 0.524 e. The van der Waals surface area contributed by atoms with E-state index in [1.165, 1.54) is 6.07 Å². The molecule has 0 spiro atoms. The van der Waals surface area contributed by atoms with Crippen LogP contribution in [0.15, 0.2) is 48.0 Å². The molecule has 0 aliphatic carbocycles. The first-order valence-corrected chi connectivity index (χ1v) is 11.0. The second kappa shape index (κ2) is 8.00. The predicted octanol–water partition coefficient (Wildman–Crippen LogP) is 5.00. The molecule has 3 atom stereocenters. The molecule has 1 fully saturated rings. The Morgan fingerprint density at radius 3 is 2.45 bits per heavy atom. The number of fused-ring (bicyclic) bond motifs is 1. The lowest BCUT2D eigenvalue weighted by molar-refractivity contribution is -0.624. The van der Waals surface area contributed by atoms with Crippen molar-refractivity contribution in [2.24, 2.45) is 5.92 Å². The highest BCUT2D eigenvalue weighted by atomic mass is 35.5. The third-order valence-corrected chi connectivity index (χ3v) is 6.03. The molecule has 2 aromatic carbocycles. The molecule has 0 saturated carbocycles. The number of hydrogen-bond donors (Lipinski definition) is 2. The van der Waals surface area contributed by atoms with Crippen LogP contribution in [0, 0.1) is 5.92 Å². The molecule has 1 aliphatic rings. The molecule has 2 aromatic rings. The van der Waals surface area contributed by atoms with Crippen LogP contribution in [0.25, 0.3) is 10.8 Å². The second-order valence-corrected chi connectivity index (χ2v) is 8.92. The standard InChI is InChI=1S/C20H24ClO7P/c1-5-16(10-13(2)21)19(3)20(25-4,28-27-19)17-8-6-14-7-9-18(12-15(14)11-17)26-29(22,23)24/h6-9,11-12,16H,2,5,10H2,1,3-4H3,(H2,22,23,24). The average Bonchev–Trinajstić information content (AvgIpc) is 2.63. The van der Waals surface area contributed by atoms with Gasteiger partial charge in [0.05, 0.1) is 0 Å². The van der Waals surface area contributed by atoms with Gasteiger partial charge in [-0.25, -0.2) is 9.45 Å². The molecule has 29 heavy (non-hydrogen) atoms. The van der Waals surface area contributed by atoms with E-state index in [-0.39, 0.29) is 11.7 Å². The van der Waals surface area contributed by atoms with Gasteiger partial charge in [-0.3, -0.25) is 9.79 Å². The molecule has 158 valence electrons. The Bertz CT molecular complexity index is 970. The normalized spacial score (nSPS) is 25.4. The van der Waals surface area contributed by atoms with Gasteiger partial charge in [0.25, 0.3) is 5.79 Å². The summed E-state index contributed by atoms with van der Waals surface area (Å²) < 4.78 is 21.7. The van der Waals surface area contributed by atoms with Gasteiger partial charge >= 0.3 is 7.82 Å². The van der Waals surface area contributed by atoms with Gasteiger partial charge in [-0.2, -0.15) is 4.89 Å². The number of halogens is 1. The summed E-state index contributed by atoms with van der Waals surface area (Å²) in [5, 5.41) is 2.09. The first-order valence-electron chi connectivity index (χ1n) is 9.09. The molecule has 7 nitrogen and oxygen atoms in total. The molecule has 0 amide bonds. The highest BCUT2D eigenvalue weighted by Gasteiger charge is 2.66. The Balaban J connectivity index is 2.04. The Labute approximate surface area is 174 Å². The number of methoxy groups -OCH3 is 1. The summed E-state index contributed by atoms with van der Waals surface area (Å²) in [5.41, 5.74) is -0.115. The van der Waals surface area contributed by atoms with Crippen LogP contribution in [0.4, 0.5) is 0 Å². The van der Waals surface area contributed by atoms with Gasteiger partial charge in [-0.1, -0.05) is 43.3 Å². The minimum absolute atomic E-state index is 0.0128. The van der Waals surface area contributed by atoms with E-state index in [0.29, 0.717) is 22.4 Å². The molecule has 1 saturated heterocycles. The van der Waals surface area contributed by atoms with Crippen molar-refractivity contribution >= 4 is 30.2 Å². The maximum Gasteiger partial charge on any atom is 0.524 e. The first kappa shape index (κ1) is 22.2. The molecule has 3 unspecified atom stereocenters. The number of hydrogen-bond acceptors (Lipinski definition) is 5. The lowest BCUT2D eigenvalue weighted by Crippen LogP contribution is -2.67. The van der Waals surface area contributed by atoms with E-state index in [1.807, 2.05) is 32.0 Å². The van der Waals surface area contributed by atoms with Crippen molar-refractivity contribution in [3.8, 4) is 5.75 Å². The van der Waals surface area contributed by atoms with E-state index in [9.17, 15) is 4.57 Å². The topological polar surface area (TPSA) is 94.5 Å². The van der Waals surface area contributed by atoms with E-state index in [1.54, 1.807) is 19.2 Å². The highest BCUT2D eigenvalue weighted by Crippen LogP contribution is 2.55. The van der Waals surface area contributed by atoms with Gasteiger partial charge in [0.15, 0.2) is 5.60 Å². The number of phosphoric ester groups is 1. The Morgan fingerprint density at radius 1 is 1.24 bits per heavy atom. The van der Waals surface area contributed by atoms with Gasteiger partial charge in [0.1, 0.15) is 5.75 Å². The number of allylic oxidation sites excluding steroid dienone is 1. The fourth-order valence-electron chi connectivity index (χ4n) is 3.89. The number of phosphoric acid groups is 1. The molecular formula is C20H24ClO7P. The minimum Gasteiger partial charge on any atom is -0.404 e. The summed E-state index contributed by atoms with van der Waals surface area (Å²) in [4.78, 5) is 29.2. The SMILES string of the molecule is C=C(Cl)CC(CC)C1(C)OOC1(OC)c1ccc2ccc(OP(=O)(O)O)cc2c1. The zero-order valence-electron chi connectivity index (χ0n) is 16.4. The van der Waals surface area contributed by atoms with Crippen molar-refractivity contribution in [1.29, 1.82) is 0 Å². The fourth-order valence-corrected chi connectivity index (χ4v) is 4.47. The number of ether oxygens (including phenoxy) is 1. The van der Waals surface area contributed by atoms with Crippen molar-refractivity contribution in [3.63, 3.8) is 0 Å². The van der Waals surface area contributed by atoms with Crippen LogP contribution in [-0.2, 0) is 24.9 Å². The van der Waals surface area contributed by atoms with Crippen LogP contribution in [0.2, 0.25) is 0 Å². The third-order valence-electron chi connectivity index (χ3n) is 5.43. The van der Waals surface area contributed by atoms with Crippen molar-refractivity contribution in [3.05, 3.63) is 53.6 Å². The highest BCUT2D eigenvalue weighted by molar-refractivity contribution is 7.46. The molecule has 3 rings (SSSR count). The molecule has 2 N–H and O–H groups in total. The Kier molecular flexibility index (Phi) is 6.14. The Hall–Kier alpha value is -1.44. The minimum atomic E-state index is -4.65. The summed E-state index contributed by atoms with van der Waals surface area (Å²) in [6.07, 6.45) is 1.31. The summed E-state index contributed by atoms with van der Waals surface area (Å²) in [6.45, 7) is 7.73. The van der Waals surface area contributed by atoms with Gasteiger partial charge < -0.3 is 9.26 Å². The van der Waals surface area contributed by atoms with Gasteiger partial charge in [0.2, 0.25) is 0 Å². The van der Waals surface area contributed by atoms with Gasteiger partial charge in [0, 0.05) is 23.6 Å². The van der Waals surface area contributed by atoms with Crippen LogP contribution in [0.1, 0.15) is 32.3 Å². The summed E-state index contributed by atoms with van der Waals surface area (Å²) in [6, 6.07) is 10.3. The molecule has 9 heteroatoms. The smallest absolute Gasteiger partial charge is 0.404 e. The second-order valence-electron chi connectivity index (χ2n) is 7.23. The summed E-state index contributed by atoms with van der Waals surface area (Å²) >= 11 is 6.06. The third kappa shape index (κ3) is 4.09. The fraction of sp³-hybridized carbons (Fsp3) is 0.400. The van der Waals surface area contributed by atoms with E-state index in [4.69, 9.17) is 40.4 Å². The van der Waals surface area contributed by atoms with Crippen LogP contribution in [0.5, 0.6) is 5.75 Å². The molecule has 1 aliphatic heterocycles. The van der Waals surface area contributed by atoms with Crippen molar-refractivity contribution in [2.75, 3.05) is 7.11 Å². The van der Waals surface area contributed by atoms with Gasteiger partial charge in [-0.15, -0.1) is 0 Å². The summed E-state index contributed by atoms with van der Waals surface area (Å²) in [5.74, 6) is -1.12. The maximum absolute atomic E-state index is 11.1. The molecule has 1 heterocycles. The predicted molar refractivity (Wildman–Crippen MR) is 109 cm³/mol. The van der Waals surface area contributed by atoms with Crippen molar-refractivity contribution < 1.29 is 33.4 Å². The van der Waals surface area contributed by atoms with E-state index in [2.05, 4.69) is 6.58 Å². The lowest BCUT2D eigenvalue weighted by atomic mass is 9.74. The van der Waals surface area contributed by atoms with E-state index in [0.717, 1.165) is 11.8 Å². The van der Waals surface area contributed by atoms with Crippen LogP contribution < -0.4 is 4.52 Å². The van der Waals surface area contributed by atoms with E-state index >= 15 is 0 Å². The van der Waals surface area contributed by atoms with E-state index < -0.39 is 19.2 Å².